The fraction of sp³-hybridized carbons (Fsp3) is 1.00. The van der Waals surface area contributed by atoms with E-state index in [0.29, 0.717) is 30.1 Å². The van der Waals surface area contributed by atoms with Gasteiger partial charge in [0.05, 0.1) is 18.8 Å². The van der Waals surface area contributed by atoms with Crippen molar-refractivity contribution in [3.63, 3.8) is 0 Å². The summed E-state index contributed by atoms with van der Waals surface area (Å²) in [4.78, 5) is 0. The van der Waals surface area contributed by atoms with Crippen LogP contribution in [0.4, 0.5) is 0 Å². The Morgan fingerprint density at radius 3 is 2.21 bits per heavy atom. The van der Waals surface area contributed by atoms with Gasteiger partial charge in [-0.05, 0) is 73.5 Å². The van der Waals surface area contributed by atoms with Crippen LogP contribution in [-0.4, -0.2) is 74.0 Å². The molecule has 0 radical (unpaired) electrons. The quantitative estimate of drug-likeness (QED) is 0.359. The first-order chi connectivity index (χ1) is 15.9. The van der Waals surface area contributed by atoms with E-state index in [-0.39, 0.29) is 23.4 Å². The highest BCUT2D eigenvalue weighted by Crippen LogP contribution is 2.71. The minimum Gasteiger partial charge on any atom is -0.390 e. The molecule has 0 bridgehead atoms. The summed E-state index contributed by atoms with van der Waals surface area (Å²) in [6, 6.07) is 0. The van der Waals surface area contributed by atoms with E-state index in [9.17, 15) is 25.5 Å². The van der Waals surface area contributed by atoms with Gasteiger partial charge in [0.1, 0.15) is 23.9 Å². The second kappa shape index (κ2) is 7.40. The van der Waals surface area contributed by atoms with E-state index in [1.807, 2.05) is 6.92 Å². The summed E-state index contributed by atoms with van der Waals surface area (Å²) in [5.41, 5.74) is -2.60. The molecule has 6 fully saturated rings. The summed E-state index contributed by atoms with van der Waals surface area (Å²) in [5, 5.41) is 54.7. The Bertz CT molecular complexity index is 828. The second-order valence-electron chi connectivity index (χ2n) is 13.5. The zero-order chi connectivity index (χ0) is 24.4. The molecule has 6 rings (SSSR count). The molecule has 15 atom stereocenters. The van der Waals surface area contributed by atoms with Gasteiger partial charge in [-0.1, -0.05) is 27.7 Å². The number of ether oxygens (including phenoxy) is 2. The standard InChI is InChI=1S/C27H44O7/c1-13-5-10-27(33-12-13)14(2)19-18(34-27)11-17-15-6-9-26(32)23(31)21(29)20(28)22(30)25(26,4)16(15)7-8-24(17,19)3/h13-23,28-32H,5-12H2,1-4H3/t13-,14+,15-,16+,17+,18+,19+,20-,21+,22+,23-,24+,25+,26+,27-/m1/s1. The van der Waals surface area contributed by atoms with Crippen LogP contribution in [0.1, 0.15) is 72.6 Å². The van der Waals surface area contributed by atoms with Crippen molar-refractivity contribution in [1.29, 1.82) is 0 Å². The first-order valence-corrected chi connectivity index (χ1v) is 13.7. The lowest BCUT2D eigenvalue weighted by molar-refractivity contribution is -0.325. The van der Waals surface area contributed by atoms with Crippen LogP contribution in [-0.2, 0) is 9.47 Å². The lowest BCUT2D eigenvalue weighted by atomic mass is 9.41. The molecule has 0 aromatic rings. The van der Waals surface area contributed by atoms with Gasteiger partial charge >= 0.3 is 0 Å². The van der Waals surface area contributed by atoms with Crippen molar-refractivity contribution in [2.75, 3.05) is 6.61 Å². The predicted octanol–water partition coefficient (Wildman–Crippen LogP) is 1.82. The highest BCUT2D eigenvalue weighted by Gasteiger charge is 2.74. The van der Waals surface area contributed by atoms with E-state index in [2.05, 4.69) is 20.8 Å². The minimum atomic E-state index is -1.62. The van der Waals surface area contributed by atoms with Crippen LogP contribution >= 0.6 is 0 Å². The zero-order valence-corrected chi connectivity index (χ0v) is 21.1. The van der Waals surface area contributed by atoms with Crippen molar-refractivity contribution in [3.8, 4) is 0 Å². The topological polar surface area (TPSA) is 120 Å². The lowest BCUT2D eigenvalue weighted by Gasteiger charge is -2.67. The van der Waals surface area contributed by atoms with Gasteiger partial charge in [-0.25, -0.2) is 0 Å². The van der Waals surface area contributed by atoms with Crippen LogP contribution in [0.2, 0.25) is 0 Å². The van der Waals surface area contributed by atoms with E-state index in [0.717, 1.165) is 45.1 Å². The fourth-order valence-electron chi connectivity index (χ4n) is 10.4. The van der Waals surface area contributed by atoms with Crippen molar-refractivity contribution in [2.45, 2.75) is 115 Å². The van der Waals surface area contributed by atoms with Gasteiger partial charge in [-0.2, -0.15) is 0 Å². The summed E-state index contributed by atoms with van der Waals surface area (Å²) in [6.07, 6.45) is 0.310. The van der Waals surface area contributed by atoms with Crippen molar-refractivity contribution in [1.82, 2.24) is 0 Å². The van der Waals surface area contributed by atoms with Crippen molar-refractivity contribution in [3.05, 3.63) is 0 Å². The normalized spacial score (nSPS) is 65.4. The van der Waals surface area contributed by atoms with Crippen molar-refractivity contribution < 1.29 is 35.0 Å². The number of fused-ring (bicyclic) bond motifs is 7. The third-order valence-electron chi connectivity index (χ3n) is 12.4. The Hall–Kier alpha value is -0.280. The molecule has 2 saturated heterocycles. The van der Waals surface area contributed by atoms with Crippen LogP contribution in [0.3, 0.4) is 0 Å². The highest BCUT2D eigenvalue weighted by atomic mass is 16.7. The second-order valence-corrected chi connectivity index (χ2v) is 13.5. The van der Waals surface area contributed by atoms with Crippen LogP contribution < -0.4 is 0 Å². The van der Waals surface area contributed by atoms with Crippen LogP contribution in [0.15, 0.2) is 0 Å². The molecule has 0 amide bonds. The predicted molar refractivity (Wildman–Crippen MR) is 123 cm³/mol. The van der Waals surface area contributed by atoms with Crippen molar-refractivity contribution >= 4 is 0 Å². The summed E-state index contributed by atoms with van der Waals surface area (Å²) >= 11 is 0. The molecule has 5 N–H and O–H groups in total. The van der Waals surface area contributed by atoms with Gasteiger partial charge in [0.25, 0.3) is 0 Å². The third-order valence-corrected chi connectivity index (χ3v) is 12.4. The Morgan fingerprint density at radius 2 is 1.53 bits per heavy atom. The van der Waals surface area contributed by atoms with E-state index in [1.54, 1.807) is 0 Å². The molecule has 2 heterocycles. The van der Waals surface area contributed by atoms with E-state index in [4.69, 9.17) is 9.47 Å². The van der Waals surface area contributed by atoms with Gasteiger partial charge in [0, 0.05) is 17.8 Å². The molecule has 0 aromatic heterocycles. The molecule has 6 aliphatic rings. The number of rotatable bonds is 0. The van der Waals surface area contributed by atoms with Gasteiger partial charge in [0.2, 0.25) is 0 Å². The molecule has 4 aliphatic carbocycles. The molecule has 7 nitrogen and oxygen atoms in total. The largest absolute Gasteiger partial charge is 0.390 e. The Kier molecular flexibility index (Phi) is 5.24. The zero-order valence-electron chi connectivity index (χ0n) is 21.1. The molecule has 0 aromatic carbocycles. The summed E-state index contributed by atoms with van der Waals surface area (Å²) in [6.45, 7) is 9.58. The highest BCUT2D eigenvalue weighted by molar-refractivity contribution is 5.22. The fourth-order valence-corrected chi connectivity index (χ4v) is 10.4. The van der Waals surface area contributed by atoms with Crippen LogP contribution in [0.25, 0.3) is 0 Å². The van der Waals surface area contributed by atoms with Gasteiger partial charge in [0.15, 0.2) is 5.79 Å². The van der Waals surface area contributed by atoms with Gasteiger partial charge in [-0.3, -0.25) is 0 Å². The Morgan fingerprint density at radius 1 is 0.824 bits per heavy atom. The monoisotopic (exact) mass is 480 g/mol. The minimum absolute atomic E-state index is 0.0361. The SMILES string of the molecule is C[C@@H]1CC[C@@]2(OC1)O[C@H]1C[C@H]3[C@@H]4CC[C@]5(O)[C@H](O)[C@@H](O)[C@@H](O)[C@H](O)[C@]5(C)[C@H]4CC[C@]3(C)[C@H]1[C@@H]2C. The first kappa shape index (κ1) is 24.1. The number of hydrogen-bond acceptors (Lipinski definition) is 7. The molecule has 0 unspecified atom stereocenters. The Balaban J connectivity index is 1.31. The van der Waals surface area contributed by atoms with Crippen molar-refractivity contribution in [2.24, 2.45) is 46.3 Å². The summed E-state index contributed by atoms with van der Waals surface area (Å²) < 4.78 is 13.2. The maximum Gasteiger partial charge on any atom is 0.171 e. The van der Waals surface area contributed by atoms with E-state index >= 15 is 0 Å². The smallest absolute Gasteiger partial charge is 0.171 e. The van der Waals surface area contributed by atoms with Gasteiger partial charge in [-0.15, -0.1) is 0 Å². The summed E-state index contributed by atoms with van der Waals surface area (Å²) in [7, 11) is 0. The maximum absolute atomic E-state index is 11.7. The van der Waals surface area contributed by atoms with E-state index < -0.39 is 41.2 Å². The average Bonchev–Trinajstić information content (AvgIpc) is 3.25. The van der Waals surface area contributed by atoms with E-state index in [1.165, 1.54) is 0 Å². The summed E-state index contributed by atoms with van der Waals surface area (Å²) in [5.74, 6) is 1.52. The lowest BCUT2D eigenvalue weighted by Crippen LogP contribution is -2.77. The molecule has 1 spiro atoms. The van der Waals surface area contributed by atoms with Crippen LogP contribution in [0.5, 0.6) is 0 Å². The number of aliphatic hydroxyl groups excluding tert-OH is 4. The number of aliphatic hydroxyl groups is 5. The molecule has 194 valence electrons. The average molecular weight is 481 g/mol. The molecule has 4 saturated carbocycles. The first-order valence-electron chi connectivity index (χ1n) is 13.7. The van der Waals surface area contributed by atoms with Crippen LogP contribution in [0, 0.1) is 46.3 Å². The van der Waals surface area contributed by atoms with Gasteiger partial charge < -0.3 is 35.0 Å². The molecule has 34 heavy (non-hydrogen) atoms. The third kappa shape index (κ3) is 2.68. The maximum atomic E-state index is 11.7. The Labute approximate surface area is 202 Å². The molecule has 2 aliphatic heterocycles. The molecular weight excluding hydrogens is 436 g/mol. The number of hydrogen-bond donors (Lipinski definition) is 5. The molecular formula is C27H44O7. The molecule has 7 heteroatoms.